The Morgan fingerprint density at radius 3 is 2.56 bits per heavy atom. The Kier molecular flexibility index (Phi) is 12.9. The first-order valence-corrected chi connectivity index (χ1v) is 6.71. The molecular formula is C13H29NO2. The van der Waals surface area contributed by atoms with Crippen LogP contribution in [0.5, 0.6) is 0 Å². The van der Waals surface area contributed by atoms with Crippen molar-refractivity contribution in [3.8, 4) is 0 Å². The number of ether oxygens (including phenoxy) is 2. The van der Waals surface area contributed by atoms with Gasteiger partial charge in [-0.05, 0) is 39.7 Å². The lowest BCUT2D eigenvalue weighted by Gasteiger charge is -2.12. The maximum absolute atomic E-state index is 5.64. The second-order valence-corrected chi connectivity index (χ2v) is 4.12. The summed E-state index contributed by atoms with van der Waals surface area (Å²) in [7, 11) is 0. The molecular weight excluding hydrogens is 202 g/mol. The summed E-state index contributed by atoms with van der Waals surface area (Å²) in [6.07, 6.45) is 5.10. The zero-order valence-electron chi connectivity index (χ0n) is 11.3. The van der Waals surface area contributed by atoms with Crippen LogP contribution in [0.25, 0.3) is 0 Å². The van der Waals surface area contributed by atoms with Crippen LogP contribution in [-0.2, 0) is 9.47 Å². The first-order chi connectivity index (χ1) is 7.81. The predicted molar refractivity (Wildman–Crippen MR) is 68.9 cm³/mol. The average molecular weight is 231 g/mol. The van der Waals surface area contributed by atoms with Gasteiger partial charge in [0.25, 0.3) is 0 Å². The molecule has 98 valence electrons. The molecule has 16 heavy (non-hydrogen) atoms. The summed E-state index contributed by atoms with van der Waals surface area (Å²) in [5.74, 6) is 0. The first-order valence-electron chi connectivity index (χ1n) is 6.71. The predicted octanol–water partition coefficient (Wildman–Crippen LogP) is 2.60. The Morgan fingerprint density at radius 2 is 1.88 bits per heavy atom. The third kappa shape index (κ3) is 12.0. The molecule has 0 amide bonds. The fourth-order valence-electron chi connectivity index (χ4n) is 1.55. The molecule has 0 heterocycles. The molecule has 0 aliphatic carbocycles. The van der Waals surface area contributed by atoms with Crippen molar-refractivity contribution in [1.29, 1.82) is 0 Å². The third-order valence-electron chi connectivity index (χ3n) is 2.47. The fraction of sp³-hybridized carbons (Fsp3) is 1.00. The van der Waals surface area contributed by atoms with Crippen molar-refractivity contribution in [1.82, 2.24) is 5.32 Å². The molecule has 0 aromatic carbocycles. The van der Waals surface area contributed by atoms with E-state index in [1.54, 1.807) is 0 Å². The molecule has 1 atom stereocenters. The van der Waals surface area contributed by atoms with Gasteiger partial charge in [0.2, 0.25) is 0 Å². The molecule has 0 rings (SSSR count). The van der Waals surface area contributed by atoms with Crippen LogP contribution in [-0.4, -0.2) is 39.0 Å². The zero-order chi connectivity index (χ0) is 12.1. The molecule has 0 saturated heterocycles. The maximum atomic E-state index is 5.64. The molecule has 0 bridgehead atoms. The van der Waals surface area contributed by atoms with Gasteiger partial charge in [0.1, 0.15) is 0 Å². The van der Waals surface area contributed by atoms with Crippen molar-refractivity contribution >= 4 is 0 Å². The molecule has 3 nitrogen and oxygen atoms in total. The Morgan fingerprint density at radius 1 is 1.06 bits per heavy atom. The molecule has 0 fully saturated rings. The minimum atomic E-state index is 0.407. The standard InChI is InChI=1S/C13H29NO2/c1-4-8-13(3)16-12-10-14-9-6-7-11-15-5-2/h13-14H,4-12H2,1-3H3. The fourth-order valence-corrected chi connectivity index (χ4v) is 1.55. The molecule has 0 aliphatic rings. The number of hydrogen-bond acceptors (Lipinski definition) is 3. The van der Waals surface area contributed by atoms with Crippen LogP contribution in [0, 0.1) is 0 Å². The van der Waals surface area contributed by atoms with E-state index >= 15 is 0 Å². The molecule has 3 heteroatoms. The largest absolute Gasteiger partial charge is 0.382 e. The summed E-state index contributed by atoms with van der Waals surface area (Å²) in [4.78, 5) is 0. The van der Waals surface area contributed by atoms with Gasteiger partial charge in [0.05, 0.1) is 12.7 Å². The number of unbranched alkanes of at least 4 members (excludes halogenated alkanes) is 1. The topological polar surface area (TPSA) is 30.5 Å². The smallest absolute Gasteiger partial charge is 0.0594 e. The Bertz CT molecular complexity index is 131. The van der Waals surface area contributed by atoms with Gasteiger partial charge < -0.3 is 14.8 Å². The van der Waals surface area contributed by atoms with E-state index in [1.807, 2.05) is 6.92 Å². The third-order valence-corrected chi connectivity index (χ3v) is 2.47. The van der Waals surface area contributed by atoms with Gasteiger partial charge in [-0.1, -0.05) is 13.3 Å². The van der Waals surface area contributed by atoms with Crippen molar-refractivity contribution in [3.05, 3.63) is 0 Å². The summed E-state index contributed by atoms with van der Waals surface area (Å²) in [5.41, 5.74) is 0. The maximum Gasteiger partial charge on any atom is 0.0594 e. The Labute approximate surface area is 101 Å². The van der Waals surface area contributed by atoms with E-state index in [2.05, 4.69) is 19.2 Å². The van der Waals surface area contributed by atoms with Gasteiger partial charge in [-0.25, -0.2) is 0 Å². The van der Waals surface area contributed by atoms with Crippen LogP contribution in [0.15, 0.2) is 0 Å². The summed E-state index contributed by atoms with van der Waals surface area (Å²) in [5, 5.41) is 3.38. The lowest BCUT2D eigenvalue weighted by molar-refractivity contribution is 0.0617. The van der Waals surface area contributed by atoms with Crippen molar-refractivity contribution in [2.45, 2.75) is 52.6 Å². The molecule has 1 N–H and O–H groups in total. The van der Waals surface area contributed by atoms with Crippen molar-refractivity contribution in [2.75, 3.05) is 32.9 Å². The lowest BCUT2D eigenvalue weighted by atomic mass is 10.2. The molecule has 0 aliphatic heterocycles. The highest BCUT2D eigenvalue weighted by molar-refractivity contribution is 4.51. The van der Waals surface area contributed by atoms with Crippen LogP contribution in [0.1, 0.15) is 46.5 Å². The van der Waals surface area contributed by atoms with Crippen molar-refractivity contribution < 1.29 is 9.47 Å². The van der Waals surface area contributed by atoms with Gasteiger partial charge in [0.15, 0.2) is 0 Å². The Hall–Kier alpha value is -0.120. The normalized spacial score (nSPS) is 12.9. The van der Waals surface area contributed by atoms with Gasteiger partial charge >= 0.3 is 0 Å². The quantitative estimate of drug-likeness (QED) is 0.524. The minimum absolute atomic E-state index is 0.407. The Balaban J connectivity index is 2.98. The van der Waals surface area contributed by atoms with Crippen LogP contribution in [0.4, 0.5) is 0 Å². The first kappa shape index (κ1) is 15.9. The molecule has 0 spiro atoms. The second kappa shape index (κ2) is 12.9. The number of hydrogen-bond donors (Lipinski definition) is 1. The van der Waals surface area contributed by atoms with E-state index in [4.69, 9.17) is 9.47 Å². The van der Waals surface area contributed by atoms with E-state index in [-0.39, 0.29) is 0 Å². The van der Waals surface area contributed by atoms with Crippen LogP contribution < -0.4 is 5.32 Å². The van der Waals surface area contributed by atoms with Crippen LogP contribution >= 0.6 is 0 Å². The van der Waals surface area contributed by atoms with Crippen LogP contribution in [0.2, 0.25) is 0 Å². The zero-order valence-corrected chi connectivity index (χ0v) is 11.3. The summed E-state index contributed by atoms with van der Waals surface area (Å²) >= 11 is 0. The number of rotatable bonds is 12. The van der Waals surface area contributed by atoms with Crippen molar-refractivity contribution in [2.24, 2.45) is 0 Å². The SMILES string of the molecule is CCCC(C)OCCNCCCCOCC. The van der Waals surface area contributed by atoms with Gasteiger partial charge in [-0.3, -0.25) is 0 Å². The van der Waals surface area contributed by atoms with Gasteiger partial charge in [-0.2, -0.15) is 0 Å². The van der Waals surface area contributed by atoms with Crippen molar-refractivity contribution in [3.63, 3.8) is 0 Å². The second-order valence-electron chi connectivity index (χ2n) is 4.12. The number of nitrogens with one attached hydrogen (secondary N) is 1. The molecule has 0 saturated carbocycles. The van der Waals surface area contributed by atoms with Crippen LogP contribution in [0.3, 0.4) is 0 Å². The average Bonchev–Trinajstić information content (AvgIpc) is 2.27. The summed E-state index contributed by atoms with van der Waals surface area (Å²) in [6.45, 7) is 10.9. The van der Waals surface area contributed by atoms with E-state index in [1.165, 1.54) is 12.8 Å². The van der Waals surface area contributed by atoms with E-state index in [9.17, 15) is 0 Å². The highest BCUT2D eigenvalue weighted by Crippen LogP contribution is 1.99. The van der Waals surface area contributed by atoms with E-state index in [0.29, 0.717) is 6.10 Å². The highest BCUT2D eigenvalue weighted by atomic mass is 16.5. The monoisotopic (exact) mass is 231 g/mol. The van der Waals surface area contributed by atoms with Gasteiger partial charge in [0, 0.05) is 19.8 Å². The highest BCUT2D eigenvalue weighted by Gasteiger charge is 1.98. The summed E-state index contributed by atoms with van der Waals surface area (Å²) in [6, 6.07) is 0. The molecule has 0 radical (unpaired) electrons. The molecule has 0 aromatic heterocycles. The summed E-state index contributed by atoms with van der Waals surface area (Å²) < 4.78 is 10.9. The van der Waals surface area contributed by atoms with E-state index < -0.39 is 0 Å². The van der Waals surface area contributed by atoms with E-state index in [0.717, 1.165) is 45.8 Å². The molecule has 0 aromatic rings. The lowest BCUT2D eigenvalue weighted by Crippen LogP contribution is -2.23. The molecule has 1 unspecified atom stereocenters. The van der Waals surface area contributed by atoms with Gasteiger partial charge in [-0.15, -0.1) is 0 Å². The minimum Gasteiger partial charge on any atom is -0.382 e.